The van der Waals surface area contributed by atoms with Gasteiger partial charge in [-0.2, -0.15) is 0 Å². The number of hydrogen-bond acceptors (Lipinski definition) is 5. The van der Waals surface area contributed by atoms with Gasteiger partial charge in [-0.3, -0.25) is 9.59 Å². The minimum absolute atomic E-state index is 0.232. The van der Waals surface area contributed by atoms with E-state index >= 15 is 0 Å². The molecular formula is C24H19NO5. The van der Waals surface area contributed by atoms with Crippen molar-refractivity contribution >= 4 is 23.5 Å². The van der Waals surface area contributed by atoms with Crippen LogP contribution in [0.4, 0.5) is 5.69 Å². The highest BCUT2D eigenvalue weighted by molar-refractivity contribution is 6.34. The fourth-order valence-electron chi connectivity index (χ4n) is 3.27. The van der Waals surface area contributed by atoms with Crippen molar-refractivity contribution in [3.05, 3.63) is 89.0 Å². The number of imide groups is 1. The number of carbonyl (C=O) groups excluding carboxylic acids is 3. The molecule has 4 rings (SSSR count). The molecule has 1 heterocycles. The lowest BCUT2D eigenvalue weighted by molar-refractivity contribution is -0.136. The summed E-state index contributed by atoms with van der Waals surface area (Å²) in [6.45, 7) is 3.66. The van der Waals surface area contributed by atoms with Crippen LogP contribution in [-0.2, 0) is 4.79 Å². The monoisotopic (exact) mass is 401 g/mol. The van der Waals surface area contributed by atoms with Crippen LogP contribution in [0.2, 0.25) is 0 Å². The lowest BCUT2D eigenvalue weighted by Gasteiger charge is -2.14. The average Bonchev–Trinajstić information content (AvgIpc) is 3.00. The molecule has 0 spiro atoms. The Hall–Kier alpha value is -3.93. The van der Waals surface area contributed by atoms with E-state index in [9.17, 15) is 14.4 Å². The van der Waals surface area contributed by atoms with Crippen molar-refractivity contribution in [2.45, 2.75) is 13.8 Å². The van der Waals surface area contributed by atoms with Gasteiger partial charge in [0.2, 0.25) is 0 Å². The Morgan fingerprint density at radius 2 is 1.47 bits per heavy atom. The maximum Gasteiger partial charge on any atom is 0.349 e. The van der Waals surface area contributed by atoms with E-state index in [0.29, 0.717) is 28.3 Å². The Kier molecular flexibility index (Phi) is 5.06. The molecule has 0 radical (unpaired) electrons. The molecule has 6 heteroatoms. The highest BCUT2D eigenvalue weighted by Crippen LogP contribution is 2.29. The first-order chi connectivity index (χ1) is 14.5. The van der Waals surface area contributed by atoms with Crippen LogP contribution in [0.15, 0.2) is 66.7 Å². The first kappa shape index (κ1) is 19.4. The number of nitrogens with zero attached hydrogens (tertiary/aromatic N) is 1. The maximum atomic E-state index is 12.5. The van der Waals surface area contributed by atoms with Crippen molar-refractivity contribution < 1.29 is 23.9 Å². The summed E-state index contributed by atoms with van der Waals surface area (Å²) >= 11 is 0. The number of anilines is 1. The van der Waals surface area contributed by atoms with Gasteiger partial charge < -0.3 is 9.47 Å². The summed E-state index contributed by atoms with van der Waals surface area (Å²) in [5.41, 5.74) is 3.20. The van der Waals surface area contributed by atoms with E-state index in [1.807, 2.05) is 26.0 Å². The van der Waals surface area contributed by atoms with Gasteiger partial charge in [-0.1, -0.05) is 24.3 Å². The van der Waals surface area contributed by atoms with E-state index in [1.165, 1.54) is 12.1 Å². The maximum absolute atomic E-state index is 12.5. The standard InChI is InChI=1S/C24H19NO5/c1-15-6-5-9-21(16(15)2)29-14-22(26)30-18-12-10-17(11-13-18)25-23(27)19-7-3-4-8-20(19)24(25)28/h3-13H,14H2,1-2H3. The third-order valence-electron chi connectivity index (χ3n) is 5.02. The minimum atomic E-state index is -0.551. The Balaban J connectivity index is 1.41. The Morgan fingerprint density at radius 3 is 2.10 bits per heavy atom. The number of aryl methyl sites for hydroxylation is 1. The molecule has 3 aromatic rings. The van der Waals surface area contributed by atoms with Crippen molar-refractivity contribution in [2.24, 2.45) is 0 Å². The summed E-state index contributed by atoms with van der Waals surface area (Å²) in [5.74, 6) is -0.369. The van der Waals surface area contributed by atoms with Crippen molar-refractivity contribution in [3.8, 4) is 11.5 Å². The molecular weight excluding hydrogens is 382 g/mol. The van der Waals surface area contributed by atoms with Crippen LogP contribution in [0.1, 0.15) is 31.8 Å². The van der Waals surface area contributed by atoms with Gasteiger partial charge in [-0.05, 0) is 67.4 Å². The first-order valence-electron chi connectivity index (χ1n) is 9.43. The number of amides is 2. The molecule has 30 heavy (non-hydrogen) atoms. The van der Waals surface area contributed by atoms with Gasteiger partial charge in [-0.25, -0.2) is 9.69 Å². The van der Waals surface area contributed by atoms with Crippen molar-refractivity contribution in [2.75, 3.05) is 11.5 Å². The van der Waals surface area contributed by atoms with Gasteiger partial charge >= 0.3 is 5.97 Å². The SMILES string of the molecule is Cc1cccc(OCC(=O)Oc2ccc(N3C(=O)c4ccccc4C3=O)cc2)c1C. The van der Waals surface area contributed by atoms with Crippen LogP contribution in [0, 0.1) is 13.8 Å². The normalized spacial score (nSPS) is 12.7. The summed E-state index contributed by atoms with van der Waals surface area (Å²) in [5, 5.41) is 0. The molecule has 0 saturated carbocycles. The largest absolute Gasteiger partial charge is 0.482 e. The second kappa shape index (κ2) is 7.83. The van der Waals surface area contributed by atoms with E-state index in [-0.39, 0.29) is 18.4 Å². The second-order valence-electron chi connectivity index (χ2n) is 6.95. The molecule has 1 aliphatic rings. The van der Waals surface area contributed by atoms with Gasteiger partial charge in [0.15, 0.2) is 6.61 Å². The van der Waals surface area contributed by atoms with Crippen molar-refractivity contribution in [1.82, 2.24) is 0 Å². The van der Waals surface area contributed by atoms with E-state index in [4.69, 9.17) is 9.47 Å². The Labute approximate surface area is 173 Å². The van der Waals surface area contributed by atoms with Crippen LogP contribution >= 0.6 is 0 Å². The molecule has 0 atom stereocenters. The van der Waals surface area contributed by atoms with E-state index in [2.05, 4.69) is 0 Å². The molecule has 3 aromatic carbocycles. The van der Waals surface area contributed by atoms with Gasteiger partial charge in [-0.15, -0.1) is 0 Å². The lowest BCUT2D eigenvalue weighted by atomic mass is 10.1. The molecule has 0 bridgehead atoms. The number of esters is 1. The first-order valence-corrected chi connectivity index (χ1v) is 9.43. The summed E-state index contributed by atoms with van der Waals surface area (Å²) in [6, 6.07) is 18.5. The fourth-order valence-corrected chi connectivity index (χ4v) is 3.27. The van der Waals surface area contributed by atoms with Gasteiger partial charge in [0.25, 0.3) is 11.8 Å². The fraction of sp³-hybridized carbons (Fsp3) is 0.125. The molecule has 0 aliphatic carbocycles. The van der Waals surface area contributed by atoms with E-state index < -0.39 is 5.97 Å². The second-order valence-corrected chi connectivity index (χ2v) is 6.95. The molecule has 0 N–H and O–H groups in total. The molecule has 0 saturated heterocycles. The van der Waals surface area contributed by atoms with Crippen LogP contribution in [0.3, 0.4) is 0 Å². The molecule has 0 aromatic heterocycles. The van der Waals surface area contributed by atoms with Gasteiger partial charge in [0, 0.05) is 0 Å². The number of hydrogen-bond donors (Lipinski definition) is 0. The number of ether oxygens (including phenoxy) is 2. The third-order valence-corrected chi connectivity index (χ3v) is 5.02. The highest BCUT2D eigenvalue weighted by atomic mass is 16.6. The van der Waals surface area contributed by atoms with Gasteiger partial charge in [0.05, 0.1) is 16.8 Å². The topological polar surface area (TPSA) is 72.9 Å². The molecule has 2 amide bonds. The van der Waals surface area contributed by atoms with Crippen LogP contribution in [0.5, 0.6) is 11.5 Å². The number of fused-ring (bicyclic) bond motifs is 1. The number of carbonyl (C=O) groups is 3. The molecule has 1 aliphatic heterocycles. The predicted molar refractivity (Wildman–Crippen MR) is 111 cm³/mol. The molecule has 0 unspecified atom stereocenters. The molecule has 6 nitrogen and oxygen atoms in total. The van der Waals surface area contributed by atoms with Crippen LogP contribution in [0.25, 0.3) is 0 Å². The predicted octanol–water partition coefficient (Wildman–Crippen LogP) is 4.09. The summed E-state index contributed by atoms with van der Waals surface area (Å²) in [4.78, 5) is 38.3. The smallest absolute Gasteiger partial charge is 0.349 e. The Morgan fingerprint density at radius 1 is 0.833 bits per heavy atom. The quantitative estimate of drug-likeness (QED) is 0.366. The van der Waals surface area contributed by atoms with Gasteiger partial charge in [0.1, 0.15) is 11.5 Å². The number of rotatable bonds is 5. The zero-order valence-corrected chi connectivity index (χ0v) is 16.5. The average molecular weight is 401 g/mol. The Bertz CT molecular complexity index is 1120. The highest BCUT2D eigenvalue weighted by Gasteiger charge is 2.36. The van der Waals surface area contributed by atoms with E-state index in [0.717, 1.165) is 16.0 Å². The van der Waals surface area contributed by atoms with E-state index in [1.54, 1.807) is 42.5 Å². The molecule has 150 valence electrons. The minimum Gasteiger partial charge on any atom is -0.482 e. The molecule has 0 fully saturated rings. The third kappa shape index (κ3) is 3.55. The number of benzene rings is 3. The summed E-state index contributed by atoms with van der Waals surface area (Å²) in [7, 11) is 0. The van der Waals surface area contributed by atoms with Crippen molar-refractivity contribution in [1.29, 1.82) is 0 Å². The van der Waals surface area contributed by atoms with Crippen LogP contribution in [-0.4, -0.2) is 24.4 Å². The zero-order valence-electron chi connectivity index (χ0n) is 16.5. The summed E-state index contributed by atoms with van der Waals surface area (Å²) in [6.07, 6.45) is 0. The van der Waals surface area contributed by atoms with Crippen LogP contribution < -0.4 is 14.4 Å². The summed E-state index contributed by atoms with van der Waals surface area (Å²) < 4.78 is 10.8. The van der Waals surface area contributed by atoms with Crippen molar-refractivity contribution in [3.63, 3.8) is 0 Å². The zero-order chi connectivity index (χ0) is 21.3. The lowest BCUT2D eigenvalue weighted by Crippen LogP contribution is -2.29.